The third-order valence-corrected chi connectivity index (χ3v) is 10.6. The molecule has 0 saturated carbocycles. The SMILES string of the molecule is CCn1c(CN2CCC(c3cccc(OCc4ccc(Cl)cc4F)n3)CC2)nc2cc(C(=O)N[C@@H](C)C(=O)N3CC(N(C)C)CC3C(=O)OC)ccc21. The average Bonchev–Trinajstić information content (AvgIpc) is 3.76. The first kappa shape index (κ1) is 38.1. The highest BCUT2D eigenvalue weighted by Gasteiger charge is 2.42. The molecule has 3 atom stereocenters. The minimum Gasteiger partial charge on any atom is -0.473 e. The lowest BCUT2D eigenvalue weighted by Gasteiger charge is -2.31. The molecule has 0 aliphatic carbocycles. The van der Waals surface area contributed by atoms with Crippen LogP contribution >= 0.6 is 11.6 Å². The second-order valence-electron chi connectivity index (χ2n) is 14.0. The van der Waals surface area contributed by atoms with Crippen LogP contribution in [0.4, 0.5) is 4.39 Å². The molecule has 2 aliphatic rings. The zero-order valence-corrected chi connectivity index (χ0v) is 31.6. The molecule has 0 spiro atoms. The van der Waals surface area contributed by atoms with Crippen molar-refractivity contribution in [2.24, 2.45) is 0 Å². The summed E-state index contributed by atoms with van der Waals surface area (Å²) in [5, 5.41) is 3.17. The van der Waals surface area contributed by atoms with E-state index in [1.165, 1.54) is 18.1 Å². The Morgan fingerprint density at radius 2 is 1.85 bits per heavy atom. The van der Waals surface area contributed by atoms with E-state index in [-0.39, 0.29) is 30.4 Å². The van der Waals surface area contributed by atoms with E-state index in [2.05, 4.69) is 21.7 Å². The number of carbonyl (C=O) groups is 3. The fourth-order valence-corrected chi connectivity index (χ4v) is 7.45. The Balaban J connectivity index is 1.06. The van der Waals surface area contributed by atoms with Crippen molar-refractivity contribution < 1.29 is 28.2 Å². The number of hydrogen-bond donors (Lipinski definition) is 1. The van der Waals surface area contributed by atoms with Gasteiger partial charge in [0.25, 0.3) is 5.91 Å². The summed E-state index contributed by atoms with van der Waals surface area (Å²) in [5.41, 5.74) is 3.43. The molecular weight excluding hydrogens is 701 g/mol. The number of halogens is 2. The first-order valence-electron chi connectivity index (χ1n) is 18.1. The maximum absolute atomic E-state index is 14.2. The Morgan fingerprint density at radius 1 is 1.08 bits per heavy atom. The van der Waals surface area contributed by atoms with E-state index < -0.39 is 23.9 Å². The molecule has 4 heterocycles. The number of esters is 1. The second-order valence-corrected chi connectivity index (χ2v) is 14.5. The molecule has 2 aliphatic heterocycles. The van der Waals surface area contributed by atoms with Gasteiger partial charge in [0, 0.05) is 53.0 Å². The van der Waals surface area contributed by atoms with Gasteiger partial charge in [0.1, 0.15) is 30.3 Å². The minimum absolute atomic E-state index is 0.0117. The van der Waals surface area contributed by atoms with Gasteiger partial charge in [0.15, 0.2) is 0 Å². The number of ether oxygens (including phenoxy) is 2. The first-order chi connectivity index (χ1) is 25.4. The van der Waals surface area contributed by atoms with Crippen LogP contribution in [0.5, 0.6) is 5.88 Å². The van der Waals surface area contributed by atoms with Gasteiger partial charge in [-0.05, 0) is 96.7 Å². The molecule has 1 N–H and O–H groups in total. The van der Waals surface area contributed by atoms with Crippen LogP contribution in [-0.2, 0) is 34.0 Å². The van der Waals surface area contributed by atoms with E-state index in [4.69, 9.17) is 31.0 Å². The molecule has 0 bridgehead atoms. The minimum atomic E-state index is -0.845. The van der Waals surface area contributed by atoms with Crippen LogP contribution in [0.25, 0.3) is 11.0 Å². The van der Waals surface area contributed by atoms with Crippen LogP contribution in [0.1, 0.15) is 66.5 Å². The van der Waals surface area contributed by atoms with Crippen LogP contribution in [0.3, 0.4) is 0 Å². The third-order valence-electron chi connectivity index (χ3n) is 10.4. The highest BCUT2D eigenvalue weighted by molar-refractivity contribution is 6.30. The molecule has 2 aromatic heterocycles. The zero-order chi connectivity index (χ0) is 37.8. The fraction of sp³-hybridized carbons (Fsp3) is 0.462. The zero-order valence-electron chi connectivity index (χ0n) is 30.8. The van der Waals surface area contributed by atoms with Gasteiger partial charge in [-0.25, -0.2) is 19.2 Å². The van der Waals surface area contributed by atoms with Crippen LogP contribution in [0, 0.1) is 5.82 Å². The van der Waals surface area contributed by atoms with Crippen LogP contribution in [0.15, 0.2) is 54.6 Å². The number of nitrogens with zero attached hydrogens (tertiary/aromatic N) is 6. The summed E-state index contributed by atoms with van der Waals surface area (Å²) < 4.78 is 27.2. The molecule has 2 saturated heterocycles. The van der Waals surface area contributed by atoms with E-state index in [1.54, 1.807) is 37.3 Å². The Bertz CT molecular complexity index is 1960. The molecule has 2 amide bonds. The molecular formula is C39H47ClFN7O5. The number of fused-ring (bicyclic) bond motifs is 1. The van der Waals surface area contributed by atoms with Crippen molar-refractivity contribution in [2.75, 3.05) is 40.8 Å². The first-order valence-corrected chi connectivity index (χ1v) is 18.4. The van der Waals surface area contributed by atoms with E-state index in [0.717, 1.165) is 49.5 Å². The molecule has 12 nitrogen and oxygen atoms in total. The number of likely N-dealkylation sites (N-methyl/N-ethyl adjacent to an activating group) is 1. The third kappa shape index (κ3) is 8.63. The van der Waals surface area contributed by atoms with Crippen molar-refractivity contribution in [1.82, 2.24) is 34.6 Å². The molecule has 0 radical (unpaired) electrons. The van der Waals surface area contributed by atoms with Crippen LogP contribution < -0.4 is 10.1 Å². The molecule has 53 heavy (non-hydrogen) atoms. The Kier molecular flexibility index (Phi) is 12.0. The van der Waals surface area contributed by atoms with Gasteiger partial charge in [0.05, 0.1) is 24.7 Å². The standard InChI is InChI=1S/C39H47ClFN7O5/c1-6-47-33-13-11-26(37(49)42-24(2)38(50)48-21-29(45(3)4)20-34(48)39(51)52-5)18-32(33)43-35(47)22-46-16-14-25(15-17-46)31-8-7-9-36(44-31)53-23-27-10-12-28(40)19-30(27)41/h7-13,18-19,24-25,29,34H,6,14-17,20-23H2,1-5H3,(H,42,49)/t24-,29?,34?/m0/s1. The number of hydrogen-bond acceptors (Lipinski definition) is 9. The Morgan fingerprint density at radius 3 is 2.55 bits per heavy atom. The van der Waals surface area contributed by atoms with Crippen LogP contribution in [-0.4, -0.2) is 106 Å². The van der Waals surface area contributed by atoms with E-state index in [9.17, 15) is 18.8 Å². The molecule has 6 rings (SSSR count). The largest absolute Gasteiger partial charge is 0.473 e. The highest BCUT2D eigenvalue weighted by Crippen LogP contribution is 2.30. The van der Waals surface area contributed by atoms with E-state index in [1.807, 2.05) is 37.2 Å². The number of pyridine rings is 1. The number of nitrogens with one attached hydrogen (secondary N) is 1. The highest BCUT2D eigenvalue weighted by atomic mass is 35.5. The smallest absolute Gasteiger partial charge is 0.328 e. The number of amides is 2. The van der Waals surface area contributed by atoms with Crippen molar-refractivity contribution in [3.8, 4) is 5.88 Å². The predicted octanol–water partition coefficient (Wildman–Crippen LogP) is 5.02. The maximum atomic E-state index is 14.2. The van der Waals surface area contributed by atoms with Crippen molar-refractivity contribution >= 4 is 40.4 Å². The molecule has 2 unspecified atom stereocenters. The quantitative estimate of drug-likeness (QED) is 0.199. The summed E-state index contributed by atoms with van der Waals surface area (Å²) in [6, 6.07) is 14.1. The number of carbonyl (C=O) groups excluding carboxylic acids is 3. The number of aryl methyl sites for hydroxylation is 1. The van der Waals surface area contributed by atoms with Gasteiger partial charge in [-0.3, -0.25) is 14.5 Å². The normalized spacial score (nSPS) is 18.8. The number of rotatable bonds is 12. The van der Waals surface area contributed by atoms with Gasteiger partial charge in [-0.2, -0.15) is 0 Å². The van der Waals surface area contributed by atoms with E-state index >= 15 is 0 Å². The lowest BCUT2D eigenvalue weighted by molar-refractivity contribution is -0.151. The summed E-state index contributed by atoms with van der Waals surface area (Å²) in [6.07, 6.45) is 2.31. The van der Waals surface area contributed by atoms with Gasteiger partial charge in [-0.15, -0.1) is 0 Å². The monoisotopic (exact) mass is 747 g/mol. The molecule has 282 valence electrons. The molecule has 4 aromatic rings. The number of piperidine rings is 1. The summed E-state index contributed by atoms with van der Waals surface area (Å²) in [7, 11) is 5.14. The second kappa shape index (κ2) is 16.6. The number of aromatic nitrogens is 3. The van der Waals surface area contributed by atoms with Crippen molar-refractivity contribution in [3.05, 3.63) is 88.1 Å². The number of methoxy groups -OCH3 is 1. The topological polar surface area (TPSA) is 122 Å². The summed E-state index contributed by atoms with van der Waals surface area (Å²) in [5.74, 6) is 0.0648. The summed E-state index contributed by atoms with van der Waals surface area (Å²) in [4.78, 5) is 54.9. The van der Waals surface area contributed by atoms with E-state index in [0.29, 0.717) is 47.1 Å². The van der Waals surface area contributed by atoms with Gasteiger partial charge >= 0.3 is 5.97 Å². The van der Waals surface area contributed by atoms with Gasteiger partial charge < -0.3 is 29.2 Å². The predicted molar refractivity (Wildman–Crippen MR) is 199 cm³/mol. The van der Waals surface area contributed by atoms with Crippen molar-refractivity contribution in [2.45, 2.75) is 76.8 Å². The number of imidazole rings is 1. The number of benzene rings is 2. The van der Waals surface area contributed by atoms with Crippen molar-refractivity contribution in [3.63, 3.8) is 0 Å². The van der Waals surface area contributed by atoms with Gasteiger partial charge in [0.2, 0.25) is 11.8 Å². The molecule has 2 aromatic carbocycles. The molecule has 14 heteroatoms. The Labute approximate surface area is 314 Å². The lowest BCUT2D eigenvalue weighted by Crippen LogP contribution is -2.51. The average molecular weight is 748 g/mol. The number of likely N-dealkylation sites (tertiary alicyclic amines) is 2. The summed E-state index contributed by atoms with van der Waals surface area (Å²) in [6.45, 7) is 7.27. The van der Waals surface area contributed by atoms with Crippen molar-refractivity contribution in [1.29, 1.82) is 0 Å². The Hall–Kier alpha value is -4.59. The molecule has 2 fully saturated rings. The lowest BCUT2D eigenvalue weighted by atomic mass is 9.93. The summed E-state index contributed by atoms with van der Waals surface area (Å²) >= 11 is 5.87. The maximum Gasteiger partial charge on any atom is 0.328 e. The fourth-order valence-electron chi connectivity index (χ4n) is 7.29. The van der Waals surface area contributed by atoms with Crippen LogP contribution in [0.2, 0.25) is 5.02 Å². The van der Waals surface area contributed by atoms with Gasteiger partial charge in [-0.1, -0.05) is 23.7 Å².